The average molecular weight is 525 g/mol. The van der Waals surface area contributed by atoms with Crippen LogP contribution in [-0.2, 0) is 4.74 Å². The molecule has 2 heterocycles. The summed E-state index contributed by atoms with van der Waals surface area (Å²) in [7, 11) is 1.75. The Labute approximate surface area is 219 Å². The van der Waals surface area contributed by atoms with Gasteiger partial charge in [0.15, 0.2) is 0 Å². The SMILES string of the molecule is CO[C@H]1CCN(c2ccc(C(c3ccccc3)n3[nH]c(=O)c(Sc4ccccc4Cl)c3O)cc2)C1.N. The number of nitrogens with one attached hydrogen (secondary N) is 1. The summed E-state index contributed by atoms with van der Waals surface area (Å²) in [6.45, 7) is 1.82. The number of halogens is 1. The summed E-state index contributed by atoms with van der Waals surface area (Å²) >= 11 is 7.45. The van der Waals surface area contributed by atoms with Crippen LogP contribution >= 0.6 is 23.4 Å². The molecule has 188 valence electrons. The minimum atomic E-state index is -0.413. The van der Waals surface area contributed by atoms with E-state index in [1.54, 1.807) is 13.2 Å². The fraction of sp³-hybridized carbons (Fsp3) is 0.222. The van der Waals surface area contributed by atoms with Crippen molar-refractivity contribution in [1.29, 1.82) is 0 Å². The first kappa shape index (κ1) is 25.9. The second kappa shape index (κ2) is 11.3. The second-order valence-electron chi connectivity index (χ2n) is 8.49. The van der Waals surface area contributed by atoms with Gasteiger partial charge in [0.1, 0.15) is 10.9 Å². The Hall–Kier alpha value is -3.17. The van der Waals surface area contributed by atoms with E-state index in [9.17, 15) is 9.90 Å². The van der Waals surface area contributed by atoms with Gasteiger partial charge in [-0.15, -0.1) is 0 Å². The highest BCUT2D eigenvalue weighted by Gasteiger charge is 2.26. The number of aromatic hydroxyl groups is 1. The standard InChI is InChI=1S/C27H26ClN3O3S.H3N/c1-34-21-15-16-30(17-21)20-13-11-19(12-14-20)24(18-7-3-2-4-8-18)31-27(33)25(26(32)29-31)35-23-10-6-5-9-22(23)28;/h2-14,21,24,33H,15-17H2,1H3,(H,29,32);1H3/t21-,24?;/m0./s1. The molecule has 5 rings (SSSR count). The zero-order valence-electron chi connectivity index (χ0n) is 19.9. The van der Waals surface area contributed by atoms with E-state index in [2.05, 4.69) is 22.1 Å². The Bertz CT molecular complexity index is 1360. The van der Waals surface area contributed by atoms with E-state index in [0.717, 1.165) is 48.1 Å². The minimum absolute atomic E-state index is 0. The largest absolute Gasteiger partial charge is 0.493 e. The number of nitrogens with zero attached hydrogens (tertiary/aromatic N) is 2. The summed E-state index contributed by atoms with van der Waals surface area (Å²) in [5.74, 6) is -0.125. The monoisotopic (exact) mass is 524 g/mol. The number of ether oxygens (including phenoxy) is 1. The summed E-state index contributed by atoms with van der Waals surface area (Å²) < 4.78 is 7.03. The summed E-state index contributed by atoms with van der Waals surface area (Å²) in [5, 5.41) is 14.6. The van der Waals surface area contributed by atoms with Crippen molar-refractivity contribution < 1.29 is 9.84 Å². The highest BCUT2D eigenvalue weighted by molar-refractivity contribution is 7.99. The molecule has 0 aliphatic carbocycles. The zero-order valence-corrected chi connectivity index (χ0v) is 21.5. The molecule has 1 unspecified atom stereocenters. The molecule has 0 amide bonds. The lowest BCUT2D eigenvalue weighted by atomic mass is 9.98. The fourth-order valence-corrected chi connectivity index (χ4v) is 5.60. The van der Waals surface area contributed by atoms with Crippen molar-refractivity contribution in [1.82, 2.24) is 15.9 Å². The topological polar surface area (TPSA) is 105 Å². The molecule has 4 aromatic rings. The van der Waals surface area contributed by atoms with Gasteiger partial charge in [0.25, 0.3) is 5.56 Å². The Morgan fingerprint density at radius 1 is 1.03 bits per heavy atom. The van der Waals surface area contributed by atoms with Crippen LogP contribution in [0.3, 0.4) is 0 Å². The third-order valence-corrected chi connectivity index (χ3v) is 7.92. The molecule has 0 saturated carbocycles. The van der Waals surface area contributed by atoms with E-state index >= 15 is 0 Å². The lowest BCUT2D eigenvalue weighted by molar-refractivity contribution is 0.121. The number of aromatic amines is 1. The van der Waals surface area contributed by atoms with Crippen LogP contribution < -0.4 is 16.6 Å². The van der Waals surface area contributed by atoms with Gasteiger partial charge >= 0.3 is 0 Å². The number of rotatable bonds is 7. The average Bonchev–Trinajstić information content (AvgIpc) is 3.47. The number of methoxy groups -OCH3 is 1. The first-order valence-electron chi connectivity index (χ1n) is 11.4. The van der Waals surface area contributed by atoms with Gasteiger partial charge in [0.2, 0.25) is 5.88 Å². The van der Waals surface area contributed by atoms with Crippen LogP contribution in [0.4, 0.5) is 5.69 Å². The third kappa shape index (κ3) is 5.17. The van der Waals surface area contributed by atoms with E-state index in [1.165, 1.54) is 4.68 Å². The Kier molecular flexibility index (Phi) is 8.11. The molecule has 2 atom stereocenters. The summed E-state index contributed by atoms with van der Waals surface area (Å²) in [5.41, 5.74) is 2.64. The van der Waals surface area contributed by atoms with Crippen molar-refractivity contribution in [2.45, 2.75) is 28.4 Å². The number of hydrogen-bond donors (Lipinski definition) is 3. The minimum Gasteiger partial charge on any atom is -0.493 e. The number of aromatic nitrogens is 2. The van der Waals surface area contributed by atoms with E-state index < -0.39 is 6.04 Å². The molecule has 3 aromatic carbocycles. The first-order chi connectivity index (χ1) is 17.0. The van der Waals surface area contributed by atoms with Gasteiger partial charge in [-0.3, -0.25) is 9.89 Å². The lowest BCUT2D eigenvalue weighted by Gasteiger charge is -2.23. The molecule has 1 aliphatic heterocycles. The molecule has 36 heavy (non-hydrogen) atoms. The van der Waals surface area contributed by atoms with Crippen LogP contribution in [-0.4, -0.2) is 41.2 Å². The number of anilines is 1. The summed E-state index contributed by atoms with van der Waals surface area (Å²) in [6.07, 6.45) is 1.26. The Morgan fingerprint density at radius 2 is 1.69 bits per heavy atom. The molecule has 0 spiro atoms. The smallest absolute Gasteiger partial charge is 0.282 e. The molecular weight excluding hydrogens is 496 g/mol. The van der Waals surface area contributed by atoms with Crippen LogP contribution in [0.2, 0.25) is 5.02 Å². The highest BCUT2D eigenvalue weighted by Crippen LogP contribution is 2.39. The maximum atomic E-state index is 12.9. The predicted octanol–water partition coefficient (Wildman–Crippen LogP) is 5.71. The van der Waals surface area contributed by atoms with Gasteiger partial charge in [-0.05, 0) is 41.8 Å². The van der Waals surface area contributed by atoms with Crippen molar-refractivity contribution in [3.05, 3.63) is 105 Å². The van der Waals surface area contributed by atoms with Gasteiger partial charge in [-0.1, -0.05) is 78.0 Å². The van der Waals surface area contributed by atoms with Crippen molar-refractivity contribution in [2.75, 3.05) is 25.1 Å². The van der Waals surface area contributed by atoms with Crippen molar-refractivity contribution in [3.63, 3.8) is 0 Å². The lowest BCUT2D eigenvalue weighted by Crippen LogP contribution is -2.22. The van der Waals surface area contributed by atoms with Gasteiger partial charge in [-0.2, -0.15) is 0 Å². The number of H-pyrrole nitrogens is 1. The molecule has 1 fully saturated rings. The van der Waals surface area contributed by atoms with Crippen LogP contribution in [0.25, 0.3) is 0 Å². The first-order valence-corrected chi connectivity index (χ1v) is 12.6. The molecular formula is C27H29ClN4O3S. The van der Waals surface area contributed by atoms with Gasteiger partial charge < -0.3 is 20.9 Å². The fourth-order valence-electron chi connectivity index (χ4n) is 4.49. The molecule has 7 nitrogen and oxygen atoms in total. The van der Waals surface area contributed by atoms with Gasteiger partial charge in [0.05, 0.1) is 11.1 Å². The number of hydrogen-bond acceptors (Lipinski definition) is 6. The van der Waals surface area contributed by atoms with Crippen molar-refractivity contribution in [3.8, 4) is 5.88 Å². The van der Waals surface area contributed by atoms with Crippen LogP contribution in [0.15, 0.2) is 93.4 Å². The number of benzene rings is 3. The Balaban J connectivity index is 0.00000304. The normalized spacial score (nSPS) is 16.1. The Morgan fingerprint density at radius 3 is 2.36 bits per heavy atom. The quantitative estimate of drug-likeness (QED) is 0.286. The van der Waals surface area contributed by atoms with Crippen LogP contribution in [0, 0.1) is 0 Å². The molecule has 9 heteroatoms. The van der Waals surface area contributed by atoms with Crippen LogP contribution in [0.5, 0.6) is 5.88 Å². The second-order valence-corrected chi connectivity index (χ2v) is 9.95. The molecule has 1 aromatic heterocycles. The molecule has 1 saturated heterocycles. The van der Waals surface area contributed by atoms with Crippen LogP contribution in [0.1, 0.15) is 23.6 Å². The van der Waals surface area contributed by atoms with Crippen molar-refractivity contribution in [2.24, 2.45) is 0 Å². The maximum absolute atomic E-state index is 12.9. The predicted molar refractivity (Wildman–Crippen MR) is 145 cm³/mol. The summed E-state index contributed by atoms with van der Waals surface area (Å²) in [6, 6.07) is 24.9. The van der Waals surface area contributed by atoms with Crippen molar-refractivity contribution >= 4 is 29.1 Å². The van der Waals surface area contributed by atoms with E-state index in [-0.39, 0.29) is 28.6 Å². The van der Waals surface area contributed by atoms with E-state index in [4.69, 9.17) is 16.3 Å². The van der Waals surface area contributed by atoms with E-state index in [0.29, 0.717) is 9.92 Å². The maximum Gasteiger partial charge on any atom is 0.282 e. The summed E-state index contributed by atoms with van der Waals surface area (Å²) in [4.78, 5) is 16.1. The molecule has 0 bridgehead atoms. The highest BCUT2D eigenvalue weighted by atomic mass is 35.5. The van der Waals surface area contributed by atoms with E-state index in [1.807, 2.05) is 60.7 Å². The third-order valence-electron chi connectivity index (χ3n) is 6.33. The molecule has 0 radical (unpaired) electrons. The molecule has 1 aliphatic rings. The van der Waals surface area contributed by atoms with Gasteiger partial charge in [-0.25, -0.2) is 4.68 Å². The zero-order chi connectivity index (χ0) is 24.4. The molecule has 5 N–H and O–H groups in total. The van der Waals surface area contributed by atoms with Gasteiger partial charge in [0, 0.05) is 30.8 Å².